The quantitative estimate of drug-likeness (QED) is 0.743. The van der Waals surface area contributed by atoms with E-state index in [1.807, 2.05) is 6.07 Å². The van der Waals surface area contributed by atoms with Crippen molar-refractivity contribution in [1.82, 2.24) is 0 Å². The van der Waals surface area contributed by atoms with Crippen molar-refractivity contribution in [1.29, 1.82) is 0 Å². The third-order valence-electron chi connectivity index (χ3n) is 4.03. The number of aliphatic imine (C=N–C) groups is 1. The fourth-order valence-corrected chi connectivity index (χ4v) is 3.21. The van der Waals surface area contributed by atoms with Crippen LogP contribution in [0.4, 0.5) is 21.9 Å². The molecule has 24 heavy (non-hydrogen) atoms. The number of imide groups is 1. The number of hydrogen-bond donors (Lipinski definition) is 0. The molecule has 0 radical (unpaired) electrons. The Hall–Kier alpha value is -2.67. The van der Waals surface area contributed by atoms with Crippen LogP contribution >= 0.6 is 15.9 Å². The second-order valence-corrected chi connectivity index (χ2v) is 6.30. The van der Waals surface area contributed by atoms with E-state index in [0.717, 1.165) is 4.47 Å². The Morgan fingerprint density at radius 1 is 1.12 bits per heavy atom. The number of carbonyl (C=O) groups is 2. The molecule has 1 atom stereocenters. The van der Waals surface area contributed by atoms with Crippen molar-refractivity contribution in [2.45, 2.75) is 6.04 Å². The van der Waals surface area contributed by atoms with Crippen molar-refractivity contribution in [3.63, 3.8) is 0 Å². The molecule has 0 saturated carbocycles. The predicted octanol–water partition coefficient (Wildman–Crippen LogP) is 3.52. The molecule has 1 fully saturated rings. The number of benzene rings is 2. The Balaban J connectivity index is 1.77. The number of urea groups is 1. The van der Waals surface area contributed by atoms with Gasteiger partial charge in [-0.2, -0.15) is 0 Å². The Labute approximate surface area is 146 Å². The summed E-state index contributed by atoms with van der Waals surface area (Å²) in [5, 5.41) is 0. The number of methoxy groups -OCH3 is 1. The smallest absolute Gasteiger partial charge is 0.337 e. The second-order valence-electron chi connectivity index (χ2n) is 5.38. The number of rotatable bonds is 2. The third kappa shape index (κ3) is 2.12. The maximum Gasteiger partial charge on any atom is 0.337 e. The van der Waals surface area contributed by atoms with Gasteiger partial charge in [0, 0.05) is 10.7 Å². The minimum Gasteiger partial charge on any atom is -0.497 e. The van der Waals surface area contributed by atoms with Crippen LogP contribution in [0.25, 0.3) is 0 Å². The Morgan fingerprint density at radius 3 is 2.58 bits per heavy atom. The summed E-state index contributed by atoms with van der Waals surface area (Å²) in [7, 11) is 1.56. The lowest BCUT2D eigenvalue weighted by Crippen LogP contribution is -2.38. The molecule has 0 spiro atoms. The van der Waals surface area contributed by atoms with Crippen LogP contribution in [0.15, 0.2) is 51.9 Å². The van der Waals surface area contributed by atoms with Gasteiger partial charge in [-0.25, -0.2) is 9.69 Å². The van der Waals surface area contributed by atoms with E-state index < -0.39 is 6.04 Å². The van der Waals surface area contributed by atoms with Gasteiger partial charge in [-0.05, 0) is 42.5 Å². The molecule has 1 unspecified atom stereocenters. The number of ether oxygens (including phenoxy) is 1. The lowest BCUT2D eigenvalue weighted by atomic mass is 10.1. The number of nitrogens with zero attached hydrogens (tertiary/aromatic N) is 3. The second kappa shape index (κ2) is 5.45. The molecule has 2 aliphatic rings. The van der Waals surface area contributed by atoms with Crippen molar-refractivity contribution < 1.29 is 14.3 Å². The summed E-state index contributed by atoms with van der Waals surface area (Å²) in [6.07, 6.45) is 1.51. The number of anilines is 2. The molecule has 3 amide bonds. The monoisotopic (exact) mass is 385 g/mol. The van der Waals surface area contributed by atoms with Crippen molar-refractivity contribution in [2.75, 3.05) is 16.9 Å². The molecule has 1 saturated heterocycles. The summed E-state index contributed by atoms with van der Waals surface area (Å²) in [5.74, 6) is 0.339. The number of hydrogen-bond acceptors (Lipinski definition) is 4. The zero-order valence-electron chi connectivity index (χ0n) is 12.6. The molecule has 7 heteroatoms. The zero-order valence-corrected chi connectivity index (χ0v) is 14.2. The van der Waals surface area contributed by atoms with E-state index in [2.05, 4.69) is 20.9 Å². The van der Waals surface area contributed by atoms with Crippen LogP contribution < -0.4 is 14.5 Å². The highest BCUT2D eigenvalue weighted by atomic mass is 79.9. The SMILES string of the molecule is COc1ccc(N2C(=O)C3C=Nc4ccc(Br)cc4N3C2=O)cc1. The van der Waals surface area contributed by atoms with Crippen LogP contribution in [0, 0.1) is 0 Å². The first-order chi connectivity index (χ1) is 11.6. The van der Waals surface area contributed by atoms with Crippen LogP contribution in [0.5, 0.6) is 5.75 Å². The molecule has 0 bridgehead atoms. The summed E-state index contributed by atoms with van der Waals surface area (Å²) < 4.78 is 5.93. The number of fused-ring (bicyclic) bond motifs is 3. The standard InChI is InChI=1S/C17H12BrN3O3/c1-24-12-5-3-11(4-6-12)20-16(22)15-9-19-13-7-2-10(18)8-14(13)21(15)17(20)23/h2-9,15H,1H3. The first-order valence-electron chi connectivity index (χ1n) is 7.25. The van der Waals surface area contributed by atoms with Gasteiger partial charge in [-0.3, -0.25) is 14.7 Å². The number of carbonyl (C=O) groups excluding carboxylic acids is 2. The first-order valence-corrected chi connectivity index (χ1v) is 8.04. The molecule has 4 rings (SSSR count). The summed E-state index contributed by atoms with van der Waals surface area (Å²) in [6, 6.07) is 11.1. The normalized spacial score (nSPS) is 18.7. The van der Waals surface area contributed by atoms with Crippen LogP contribution in [0.3, 0.4) is 0 Å². The van der Waals surface area contributed by atoms with Crippen LogP contribution in [-0.4, -0.2) is 31.3 Å². The van der Waals surface area contributed by atoms with Crippen molar-refractivity contribution in [2.24, 2.45) is 4.99 Å². The van der Waals surface area contributed by atoms with Crippen molar-refractivity contribution in [3.05, 3.63) is 46.9 Å². The molecule has 6 nitrogen and oxygen atoms in total. The van der Waals surface area contributed by atoms with Crippen molar-refractivity contribution in [3.8, 4) is 5.75 Å². The van der Waals surface area contributed by atoms with Gasteiger partial charge in [0.25, 0.3) is 5.91 Å². The van der Waals surface area contributed by atoms with E-state index >= 15 is 0 Å². The highest BCUT2D eigenvalue weighted by Crippen LogP contribution is 2.40. The van der Waals surface area contributed by atoms with E-state index in [9.17, 15) is 9.59 Å². The maximum atomic E-state index is 12.9. The average molecular weight is 386 g/mol. The van der Waals surface area contributed by atoms with Crippen LogP contribution in [0.1, 0.15) is 0 Å². The molecule has 0 N–H and O–H groups in total. The zero-order chi connectivity index (χ0) is 16.8. The van der Waals surface area contributed by atoms with Gasteiger partial charge >= 0.3 is 6.03 Å². The van der Waals surface area contributed by atoms with Crippen molar-refractivity contribution >= 4 is 51.1 Å². The van der Waals surface area contributed by atoms with Gasteiger partial charge in [0.2, 0.25) is 0 Å². The predicted molar refractivity (Wildman–Crippen MR) is 94.4 cm³/mol. The molecule has 2 aromatic rings. The molecule has 2 aliphatic heterocycles. The van der Waals surface area contributed by atoms with E-state index in [1.165, 1.54) is 16.0 Å². The average Bonchev–Trinajstić information content (AvgIpc) is 2.86. The van der Waals surface area contributed by atoms with Gasteiger partial charge in [0.15, 0.2) is 6.04 Å². The first kappa shape index (κ1) is 14.9. The summed E-state index contributed by atoms with van der Waals surface area (Å²) >= 11 is 3.40. The topological polar surface area (TPSA) is 62.2 Å². The van der Waals surface area contributed by atoms with Crippen LogP contribution in [-0.2, 0) is 4.79 Å². The molecule has 120 valence electrons. The van der Waals surface area contributed by atoms with Crippen LogP contribution in [0.2, 0.25) is 0 Å². The Kier molecular flexibility index (Phi) is 3.38. The minimum atomic E-state index is -0.721. The Morgan fingerprint density at radius 2 is 1.88 bits per heavy atom. The molecule has 0 aromatic heterocycles. The minimum absolute atomic E-state index is 0.320. The van der Waals surface area contributed by atoms with Gasteiger partial charge in [-0.1, -0.05) is 15.9 Å². The fourth-order valence-electron chi connectivity index (χ4n) is 2.87. The lowest BCUT2D eigenvalue weighted by Gasteiger charge is -2.24. The Bertz CT molecular complexity index is 879. The van der Waals surface area contributed by atoms with E-state index in [4.69, 9.17) is 4.74 Å². The van der Waals surface area contributed by atoms with E-state index in [0.29, 0.717) is 22.8 Å². The summed E-state index contributed by atoms with van der Waals surface area (Å²) in [5.41, 5.74) is 1.78. The highest BCUT2D eigenvalue weighted by molar-refractivity contribution is 9.10. The molecule has 2 heterocycles. The summed E-state index contributed by atoms with van der Waals surface area (Å²) in [6.45, 7) is 0. The van der Waals surface area contributed by atoms with E-state index in [-0.39, 0.29) is 11.9 Å². The fraction of sp³-hybridized carbons (Fsp3) is 0.118. The molecular weight excluding hydrogens is 374 g/mol. The van der Waals surface area contributed by atoms with Gasteiger partial charge in [0.05, 0.1) is 24.2 Å². The molecule has 2 aromatic carbocycles. The lowest BCUT2D eigenvalue weighted by molar-refractivity contribution is -0.116. The largest absolute Gasteiger partial charge is 0.497 e. The highest BCUT2D eigenvalue weighted by Gasteiger charge is 2.48. The van der Waals surface area contributed by atoms with E-state index in [1.54, 1.807) is 43.5 Å². The van der Waals surface area contributed by atoms with Gasteiger partial charge < -0.3 is 4.74 Å². The number of halogens is 1. The maximum absolute atomic E-state index is 12.9. The molecule has 0 aliphatic carbocycles. The number of amides is 3. The molecular formula is C17H12BrN3O3. The summed E-state index contributed by atoms with van der Waals surface area (Å²) in [4.78, 5) is 32.6. The van der Waals surface area contributed by atoms with Gasteiger partial charge in [0.1, 0.15) is 5.75 Å². The third-order valence-corrected chi connectivity index (χ3v) is 4.52. The van der Waals surface area contributed by atoms with Gasteiger partial charge in [-0.15, -0.1) is 0 Å².